The van der Waals surface area contributed by atoms with Crippen molar-refractivity contribution in [3.63, 3.8) is 0 Å². The van der Waals surface area contributed by atoms with Gasteiger partial charge in [-0.2, -0.15) is 13.2 Å². The van der Waals surface area contributed by atoms with Crippen molar-refractivity contribution in [1.29, 1.82) is 0 Å². The number of aromatic nitrogens is 4. The summed E-state index contributed by atoms with van der Waals surface area (Å²) in [5.74, 6) is -3.46. The molecule has 0 saturated heterocycles. The number of halogens is 5. The molecular formula is C23H19ClF4N4O5S. The average Bonchev–Trinajstić information content (AvgIpc) is 3.54. The number of aliphatic hydroxyl groups is 1. The van der Waals surface area contributed by atoms with E-state index in [-0.39, 0.29) is 18.6 Å². The summed E-state index contributed by atoms with van der Waals surface area (Å²) >= 11 is 7.46. The van der Waals surface area contributed by atoms with Gasteiger partial charge in [-0.15, -0.1) is 11.3 Å². The van der Waals surface area contributed by atoms with Crippen LogP contribution in [-0.2, 0) is 18.9 Å². The fourth-order valence-electron chi connectivity index (χ4n) is 4.63. The highest BCUT2D eigenvalue weighted by Gasteiger charge is 2.40. The summed E-state index contributed by atoms with van der Waals surface area (Å²) in [6.07, 6.45) is -4.56. The Morgan fingerprint density at radius 1 is 1.24 bits per heavy atom. The van der Waals surface area contributed by atoms with Crippen LogP contribution in [0.15, 0.2) is 39.2 Å². The van der Waals surface area contributed by atoms with Crippen molar-refractivity contribution in [2.24, 2.45) is 14.1 Å². The number of thiazole rings is 1. The van der Waals surface area contributed by atoms with Crippen LogP contribution in [0.2, 0.25) is 5.15 Å². The molecule has 4 aromatic rings. The summed E-state index contributed by atoms with van der Waals surface area (Å²) in [6, 6.07) is 5.61. The van der Waals surface area contributed by atoms with Crippen molar-refractivity contribution < 1.29 is 32.6 Å². The van der Waals surface area contributed by atoms with E-state index in [9.17, 15) is 32.3 Å². The first-order chi connectivity index (χ1) is 17.8. The van der Waals surface area contributed by atoms with Gasteiger partial charge < -0.3 is 14.8 Å². The molecule has 0 radical (unpaired) electrons. The summed E-state index contributed by atoms with van der Waals surface area (Å²) in [7, 11) is 3.03. The molecule has 38 heavy (non-hydrogen) atoms. The summed E-state index contributed by atoms with van der Waals surface area (Å²) in [4.78, 5) is 39.4. The maximum atomic E-state index is 14.1. The summed E-state index contributed by atoms with van der Waals surface area (Å²) in [6.45, 7) is -0.180. The number of carbonyl (C=O) groups is 1. The fraction of sp³-hybridized carbons (Fsp3) is 0.304. The topological polar surface area (TPSA) is 119 Å². The van der Waals surface area contributed by atoms with Crippen LogP contribution in [0.1, 0.15) is 29.1 Å². The average molecular weight is 575 g/mol. The number of aliphatic carboxylic acids is 1. The maximum absolute atomic E-state index is 14.1. The van der Waals surface area contributed by atoms with Crippen LogP contribution in [-0.4, -0.2) is 47.7 Å². The third kappa shape index (κ3) is 4.63. The van der Waals surface area contributed by atoms with E-state index in [1.54, 1.807) is 24.6 Å². The van der Waals surface area contributed by atoms with E-state index in [0.29, 0.717) is 39.4 Å². The van der Waals surface area contributed by atoms with Gasteiger partial charge in [0, 0.05) is 25.0 Å². The highest BCUT2D eigenvalue weighted by molar-refractivity contribution is 7.10. The number of fused-ring (bicyclic) bond motifs is 3. The number of rotatable bonds is 3. The van der Waals surface area contributed by atoms with Gasteiger partial charge in [0.25, 0.3) is 5.56 Å². The number of benzene rings is 1. The number of carboxylic acids is 1. The molecule has 2 N–H and O–H groups in total. The van der Waals surface area contributed by atoms with E-state index in [1.807, 2.05) is 4.57 Å². The SMILES string of the molecule is Cn1c(=O)c2c(-c3cccc(F)c3)n3c(c2n(C)c1=O)C(c1nc(Cl)cs1)CC3CO.O=C(O)C(F)(F)F. The van der Waals surface area contributed by atoms with E-state index in [2.05, 4.69) is 4.98 Å². The number of hydrogen-bond donors (Lipinski definition) is 2. The van der Waals surface area contributed by atoms with Crippen molar-refractivity contribution in [2.45, 2.75) is 24.6 Å². The highest BCUT2D eigenvalue weighted by atomic mass is 35.5. The highest BCUT2D eigenvalue weighted by Crippen LogP contribution is 2.49. The second-order valence-corrected chi connectivity index (χ2v) is 9.76. The van der Waals surface area contributed by atoms with E-state index >= 15 is 0 Å². The van der Waals surface area contributed by atoms with Crippen LogP contribution in [0.4, 0.5) is 17.6 Å². The third-order valence-corrected chi connectivity index (χ3v) is 7.47. The number of alkyl halides is 3. The van der Waals surface area contributed by atoms with Gasteiger partial charge in [-0.05, 0) is 18.6 Å². The first-order valence-corrected chi connectivity index (χ1v) is 12.1. The number of carboxylic acid groups (broad SMARTS) is 1. The predicted octanol–water partition coefficient (Wildman–Crippen LogP) is 3.66. The molecule has 9 nitrogen and oxygen atoms in total. The lowest BCUT2D eigenvalue weighted by molar-refractivity contribution is -0.192. The molecule has 0 amide bonds. The first-order valence-electron chi connectivity index (χ1n) is 10.9. The molecule has 15 heteroatoms. The number of nitrogens with zero attached hydrogens (tertiary/aromatic N) is 4. The molecule has 3 aromatic heterocycles. The minimum absolute atomic E-state index is 0.180. The van der Waals surface area contributed by atoms with Crippen molar-refractivity contribution in [3.8, 4) is 11.3 Å². The van der Waals surface area contributed by atoms with Gasteiger partial charge in [0.1, 0.15) is 16.0 Å². The molecule has 0 spiro atoms. The Kier molecular flexibility index (Phi) is 7.25. The predicted molar refractivity (Wildman–Crippen MR) is 131 cm³/mol. The van der Waals surface area contributed by atoms with E-state index < -0.39 is 29.2 Å². The Labute approximate surface area is 219 Å². The van der Waals surface area contributed by atoms with Gasteiger partial charge in [-0.3, -0.25) is 13.9 Å². The molecular weight excluding hydrogens is 556 g/mol. The molecule has 0 fully saturated rings. The monoisotopic (exact) mass is 574 g/mol. The molecule has 0 saturated carbocycles. The van der Waals surface area contributed by atoms with Crippen molar-refractivity contribution in [3.05, 3.63) is 72.2 Å². The molecule has 1 aromatic carbocycles. The fourth-order valence-corrected chi connectivity index (χ4v) is 5.70. The van der Waals surface area contributed by atoms with Crippen molar-refractivity contribution >= 4 is 39.8 Å². The van der Waals surface area contributed by atoms with Gasteiger partial charge in [-0.1, -0.05) is 23.7 Å². The number of aryl methyl sites for hydroxylation is 1. The summed E-state index contributed by atoms with van der Waals surface area (Å²) in [5, 5.41) is 20.5. The Hall–Kier alpha value is -3.49. The van der Waals surface area contributed by atoms with Crippen molar-refractivity contribution in [2.75, 3.05) is 6.61 Å². The molecule has 2 atom stereocenters. The third-order valence-electron chi connectivity index (χ3n) is 6.19. The molecule has 1 aliphatic rings. The zero-order valence-electron chi connectivity index (χ0n) is 19.7. The van der Waals surface area contributed by atoms with Gasteiger partial charge in [0.15, 0.2) is 0 Å². The van der Waals surface area contributed by atoms with E-state index in [0.717, 1.165) is 9.57 Å². The lowest BCUT2D eigenvalue weighted by atomic mass is 10.00. The number of aliphatic hydroxyl groups excluding tert-OH is 1. The van der Waals surface area contributed by atoms with Gasteiger partial charge in [0.2, 0.25) is 0 Å². The lowest BCUT2D eigenvalue weighted by Gasteiger charge is -2.15. The zero-order chi connectivity index (χ0) is 28.1. The molecule has 0 aliphatic carbocycles. The minimum atomic E-state index is -5.08. The van der Waals surface area contributed by atoms with E-state index in [4.69, 9.17) is 21.5 Å². The second kappa shape index (κ2) is 10.0. The summed E-state index contributed by atoms with van der Waals surface area (Å²) < 4.78 is 50.2. The molecule has 5 rings (SSSR count). The molecule has 4 heterocycles. The Bertz CT molecular complexity index is 1670. The number of hydrogen-bond acceptors (Lipinski definition) is 6. The largest absolute Gasteiger partial charge is 0.490 e. The van der Waals surface area contributed by atoms with Crippen LogP contribution in [0, 0.1) is 5.82 Å². The zero-order valence-corrected chi connectivity index (χ0v) is 21.2. The minimum Gasteiger partial charge on any atom is -0.475 e. The van der Waals surface area contributed by atoms with Gasteiger partial charge in [-0.25, -0.2) is 19.0 Å². The van der Waals surface area contributed by atoms with E-state index in [1.165, 1.54) is 35.1 Å². The van der Waals surface area contributed by atoms with Crippen molar-refractivity contribution in [1.82, 2.24) is 18.7 Å². The van der Waals surface area contributed by atoms with Gasteiger partial charge >= 0.3 is 17.8 Å². The quantitative estimate of drug-likeness (QED) is 0.361. The van der Waals surface area contributed by atoms with Crippen LogP contribution in [0.3, 0.4) is 0 Å². The van der Waals surface area contributed by atoms with Gasteiger partial charge in [0.05, 0.1) is 40.9 Å². The second-order valence-electron chi connectivity index (χ2n) is 8.48. The molecule has 202 valence electrons. The standard InChI is InChI=1S/C21H18ClFN4O3S.C2HF3O2/c1-25-18-15(20(29)26(2)21(25)30)16(10-4-3-5-11(23)6-10)27-12(8-28)7-13(17(18)27)19-24-14(22)9-31-19;3-2(4,5)1(6)7/h3-6,9,12-13,28H,7-8H2,1-2H3;(H,6,7). The molecule has 1 aliphatic heterocycles. The van der Waals surface area contributed by atoms with Crippen LogP contribution < -0.4 is 11.2 Å². The Balaban J connectivity index is 0.000000426. The van der Waals surface area contributed by atoms with Crippen LogP contribution in [0.5, 0.6) is 0 Å². The maximum Gasteiger partial charge on any atom is 0.490 e. The summed E-state index contributed by atoms with van der Waals surface area (Å²) in [5.41, 5.74) is 1.25. The normalized spacial score (nSPS) is 16.8. The van der Waals surface area contributed by atoms with Crippen LogP contribution >= 0.6 is 22.9 Å². The smallest absolute Gasteiger partial charge is 0.475 e. The Morgan fingerprint density at radius 2 is 1.89 bits per heavy atom. The molecule has 0 bridgehead atoms. The van der Waals surface area contributed by atoms with Crippen LogP contribution in [0.25, 0.3) is 22.2 Å². The molecule has 2 unspecified atom stereocenters. The Morgan fingerprint density at radius 3 is 2.42 bits per heavy atom. The lowest BCUT2D eigenvalue weighted by Crippen LogP contribution is -2.37. The first kappa shape index (κ1) is 27.5.